The van der Waals surface area contributed by atoms with Gasteiger partial charge in [-0.15, -0.1) is 0 Å². The van der Waals surface area contributed by atoms with Gasteiger partial charge in [0.1, 0.15) is 12.2 Å². The van der Waals surface area contributed by atoms with E-state index in [1.165, 1.54) is 25.6 Å². The van der Waals surface area contributed by atoms with Gasteiger partial charge in [0.25, 0.3) is 5.91 Å². The van der Waals surface area contributed by atoms with Gasteiger partial charge in [0.15, 0.2) is 0 Å². The minimum Gasteiger partial charge on any atom is -0.375 e. The summed E-state index contributed by atoms with van der Waals surface area (Å²) in [6, 6.07) is 7.69. The third-order valence-corrected chi connectivity index (χ3v) is 4.13. The highest BCUT2D eigenvalue weighted by atomic mass is 16.1. The molecule has 1 aliphatic carbocycles. The predicted molar refractivity (Wildman–Crippen MR) is 84.5 cm³/mol. The van der Waals surface area contributed by atoms with Crippen LogP contribution in [0.4, 0.5) is 5.69 Å². The first-order valence-corrected chi connectivity index (χ1v) is 7.78. The Labute approximate surface area is 129 Å². The third kappa shape index (κ3) is 3.10. The SMILES string of the molecule is CCNC(=O)c1cccc(NC(c2ncn[nH]2)C2CCC2)c1. The highest BCUT2D eigenvalue weighted by Crippen LogP contribution is 2.38. The molecule has 22 heavy (non-hydrogen) atoms. The van der Waals surface area contributed by atoms with E-state index in [9.17, 15) is 4.79 Å². The summed E-state index contributed by atoms with van der Waals surface area (Å²) < 4.78 is 0. The molecule has 2 aromatic rings. The smallest absolute Gasteiger partial charge is 0.251 e. The van der Waals surface area contributed by atoms with Crippen LogP contribution >= 0.6 is 0 Å². The van der Waals surface area contributed by atoms with Crippen LogP contribution in [0.3, 0.4) is 0 Å². The molecule has 6 nitrogen and oxygen atoms in total. The van der Waals surface area contributed by atoms with E-state index in [4.69, 9.17) is 0 Å². The van der Waals surface area contributed by atoms with Crippen molar-refractivity contribution in [3.05, 3.63) is 42.0 Å². The zero-order valence-corrected chi connectivity index (χ0v) is 12.7. The molecular weight excluding hydrogens is 278 g/mol. The van der Waals surface area contributed by atoms with Crippen LogP contribution < -0.4 is 10.6 Å². The summed E-state index contributed by atoms with van der Waals surface area (Å²) in [5.74, 6) is 1.36. The minimum atomic E-state index is -0.0500. The molecule has 0 aliphatic heterocycles. The molecule has 1 saturated carbocycles. The molecule has 0 bridgehead atoms. The fourth-order valence-electron chi connectivity index (χ4n) is 2.74. The predicted octanol–water partition coefficient (Wildman–Crippen LogP) is 2.51. The maximum Gasteiger partial charge on any atom is 0.251 e. The average Bonchev–Trinajstić information content (AvgIpc) is 2.99. The van der Waals surface area contributed by atoms with Crippen LogP contribution in [-0.4, -0.2) is 27.6 Å². The van der Waals surface area contributed by atoms with E-state index in [0.29, 0.717) is 18.0 Å². The van der Waals surface area contributed by atoms with Crippen molar-refractivity contribution in [1.82, 2.24) is 20.5 Å². The quantitative estimate of drug-likeness (QED) is 0.765. The summed E-state index contributed by atoms with van der Waals surface area (Å²) in [4.78, 5) is 16.2. The van der Waals surface area contributed by atoms with Crippen molar-refractivity contribution >= 4 is 11.6 Å². The Hall–Kier alpha value is -2.37. The molecular formula is C16H21N5O. The van der Waals surface area contributed by atoms with Crippen LogP contribution in [0.25, 0.3) is 0 Å². The lowest BCUT2D eigenvalue weighted by Crippen LogP contribution is -2.27. The van der Waals surface area contributed by atoms with Gasteiger partial charge in [-0.3, -0.25) is 9.89 Å². The van der Waals surface area contributed by atoms with E-state index in [2.05, 4.69) is 25.8 Å². The molecule has 1 atom stereocenters. The number of amides is 1. The zero-order valence-electron chi connectivity index (χ0n) is 12.7. The van der Waals surface area contributed by atoms with Gasteiger partial charge in [-0.1, -0.05) is 12.5 Å². The summed E-state index contributed by atoms with van der Waals surface area (Å²) in [6.07, 6.45) is 5.17. The molecule has 3 rings (SSSR count). The first-order chi connectivity index (χ1) is 10.8. The number of carbonyl (C=O) groups excluding carboxylic acids is 1. The van der Waals surface area contributed by atoms with E-state index in [1.54, 1.807) is 0 Å². The van der Waals surface area contributed by atoms with Crippen LogP contribution in [0.5, 0.6) is 0 Å². The number of aromatic nitrogens is 3. The third-order valence-electron chi connectivity index (χ3n) is 4.13. The molecule has 116 valence electrons. The van der Waals surface area contributed by atoms with Gasteiger partial charge in [0.2, 0.25) is 0 Å². The number of nitrogens with one attached hydrogen (secondary N) is 3. The number of benzene rings is 1. The highest BCUT2D eigenvalue weighted by Gasteiger charge is 2.30. The number of aromatic amines is 1. The second kappa shape index (κ2) is 6.60. The lowest BCUT2D eigenvalue weighted by molar-refractivity contribution is 0.0956. The van der Waals surface area contributed by atoms with E-state index >= 15 is 0 Å². The van der Waals surface area contributed by atoms with Gasteiger partial charge >= 0.3 is 0 Å². The number of hydrogen-bond acceptors (Lipinski definition) is 4. The number of rotatable bonds is 6. The maximum atomic E-state index is 11.9. The summed E-state index contributed by atoms with van der Waals surface area (Å²) in [7, 11) is 0. The minimum absolute atomic E-state index is 0.0500. The first kappa shape index (κ1) is 14.6. The van der Waals surface area contributed by atoms with E-state index in [1.807, 2.05) is 31.2 Å². The number of anilines is 1. The standard InChI is InChI=1S/C16H21N5O/c1-2-17-16(22)12-7-4-8-13(9-12)20-14(11-5-3-6-11)15-18-10-19-21-15/h4,7-11,14,20H,2-3,5-6H2,1H3,(H,17,22)(H,18,19,21). The summed E-state index contributed by atoms with van der Waals surface area (Å²) in [5, 5.41) is 13.2. The Balaban J connectivity index is 1.78. The molecule has 1 fully saturated rings. The molecule has 1 heterocycles. The largest absolute Gasteiger partial charge is 0.375 e. The molecule has 1 aromatic carbocycles. The number of H-pyrrole nitrogens is 1. The first-order valence-electron chi connectivity index (χ1n) is 7.78. The van der Waals surface area contributed by atoms with Gasteiger partial charge in [0.05, 0.1) is 6.04 Å². The van der Waals surface area contributed by atoms with E-state index < -0.39 is 0 Å². The van der Waals surface area contributed by atoms with Gasteiger partial charge in [0, 0.05) is 17.8 Å². The Morgan fingerprint density at radius 3 is 2.95 bits per heavy atom. The van der Waals surface area contributed by atoms with Crippen molar-refractivity contribution in [3.63, 3.8) is 0 Å². The van der Waals surface area contributed by atoms with Gasteiger partial charge < -0.3 is 10.6 Å². The second-order valence-corrected chi connectivity index (χ2v) is 5.62. The maximum absolute atomic E-state index is 11.9. The fraction of sp³-hybridized carbons (Fsp3) is 0.438. The molecule has 3 N–H and O–H groups in total. The van der Waals surface area contributed by atoms with Crippen molar-refractivity contribution in [1.29, 1.82) is 0 Å². The summed E-state index contributed by atoms with van der Waals surface area (Å²) in [5.41, 5.74) is 1.59. The normalized spacial score (nSPS) is 15.9. The van der Waals surface area contributed by atoms with Gasteiger partial charge in [-0.05, 0) is 43.9 Å². The number of carbonyl (C=O) groups is 1. The van der Waals surface area contributed by atoms with Crippen molar-refractivity contribution in [2.24, 2.45) is 5.92 Å². The summed E-state index contributed by atoms with van der Waals surface area (Å²) in [6.45, 7) is 2.54. The fourth-order valence-corrected chi connectivity index (χ4v) is 2.74. The van der Waals surface area contributed by atoms with Crippen molar-refractivity contribution in [2.45, 2.75) is 32.2 Å². The summed E-state index contributed by atoms with van der Waals surface area (Å²) >= 11 is 0. The van der Waals surface area contributed by atoms with Crippen molar-refractivity contribution in [2.75, 3.05) is 11.9 Å². The van der Waals surface area contributed by atoms with Crippen molar-refractivity contribution < 1.29 is 4.79 Å². The van der Waals surface area contributed by atoms with Crippen molar-refractivity contribution in [3.8, 4) is 0 Å². The van der Waals surface area contributed by atoms with Crippen LogP contribution in [0.15, 0.2) is 30.6 Å². The highest BCUT2D eigenvalue weighted by molar-refractivity contribution is 5.95. The number of hydrogen-bond donors (Lipinski definition) is 3. The average molecular weight is 299 g/mol. The van der Waals surface area contributed by atoms with Crippen LogP contribution in [0.1, 0.15) is 48.4 Å². The molecule has 0 spiro atoms. The van der Waals surface area contributed by atoms with Gasteiger partial charge in [-0.2, -0.15) is 5.10 Å². The van der Waals surface area contributed by atoms with Crippen LogP contribution in [0.2, 0.25) is 0 Å². The Morgan fingerprint density at radius 2 is 2.32 bits per heavy atom. The Bertz CT molecular complexity index is 621. The topological polar surface area (TPSA) is 82.7 Å². The molecule has 0 saturated heterocycles. The van der Waals surface area contributed by atoms with E-state index in [0.717, 1.165) is 11.5 Å². The monoisotopic (exact) mass is 299 g/mol. The molecule has 0 radical (unpaired) electrons. The lowest BCUT2D eigenvalue weighted by Gasteiger charge is -2.33. The van der Waals surface area contributed by atoms with Crippen LogP contribution in [0, 0.1) is 5.92 Å². The molecule has 1 aromatic heterocycles. The molecule has 1 unspecified atom stereocenters. The van der Waals surface area contributed by atoms with E-state index in [-0.39, 0.29) is 11.9 Å². The second-order valence-electron chi connectivity index (χ2n) is 5.62. The molecule has 1 amide bonds. The Kier molecular flexibility index (Phi) is 4.37. The zero-order chi connectivity index (χ0) is 15.4. The lowest BCUT2D eigenvalue weighted by atomic mass is 9.79. The number of nitrogens with zero attached hydrogens (tertiary/aromatic N) is 2. The van der Waals surface area contributed by atoms with Crippen LogP contribution in [-0.2, 0) is 0 Å². The Morgan fingerprint density at radius 1 is 1.45 bits per heavy atom. The molecule has 1 aliphatic rings. The van der Waals surface area contributed by atoms with Gasteiger partial charge in [-0.25, -0.2) is 4.98 Å². The molecule has 6 heteroatoms.